The second-order valence-electron chi connectivity index (χ2n) is 15.3. The van der Waals surface area contributed by atoms with Crippen molar-refractivity contribution in [3.63, 3.8) is 0 Å². The van der Waals surface area contributed by atoms with E-state index in [2.05, 4.69) is 18.2 Å². The van der Waals surface area contributed by atoms with Crippen LogP contribution in [0, 0.1) is 34.0 Å². The summed E-state index contributed by atoms with van der Waals surface area (Å²) in [6, 6.07) is 51.3. The average molecular weight is 848 g/mol. The molecule has 0 unspecified atom stereocenters. The van der Waals surface area contributed by atoms with Crippen LogP contribution in [0.15, 0.2) is 164 Å². The lowest BCUT2D eigenvalue weighted by molar-refractivity contribution is -0.143. The fourth-order valence-corrected chi connectivity index (χ4v) is 8.67. The highest BCUT2D eigenvalue weighted by molar-refractivity contribution is 6.12. The number of halogens is 6. The Morgan fingerprint density at radius 2 is 0.781 bits per heavy atom. The van der Waals surface area contributed by atoms with E-state index in [1.807, 2.05) is 95.6 Å². The molecule has 64 heavy (non-hydrogen) atoms. The summed E-state index contributed by atoms with van der Waals surface area (Å²) in [4.78, 5) is 0. The van der Waals surface area contributed by atoms with Gasteiger partial charge in [0.15, 0.2) is 0 Å². The first kappa shape index (κ1) is 39.5. The normalized spacial score (nSPS) is 11.9. The van der Waals surface area contributed by atoms with E-state index in [-0.39, 0.29) is 34.1 Å². The van der Waals surface area contributed by atoms with Crippen LogP contribution in [0.1, 0.15) is 27.8 Å². The van der Waals surface area contributed by atoms with E-state index in [1.54, 1.807) is 47.0 Å². The largest absolute Gasteiger partial charge is 0.416 e. The number of hydrogen-bond donors (Lipinski definition) is 0. The van der Waals surface area contributed by atoms with Crippen LogP contribution in [0.4, 0.5) is 26.3 Å². The van der Waals surface area contributed by atoms with E-state index in [0.29, 0.717) is 33.2 Å². The van der Waals surface area contributed by atoms with Crippen LogP contribution >= 0.6 is 0 Å². The number of aromatic nitrogens is 2. The second kappa shape index (κ2) is 14.8. The molecule has 0 aliphatic carbocycles. The quantitative estimate of drug-likeness (QED) is 0.162. The van der Waals surface area contributed by atoms with Crippen molar-refractivity contribution < 1.29 is 26.3 Å². The predicted molar refractivity (Wildman–Crippen MR) is 236 cm³/mol. The minimum absolute atomic E-state index is 0.00575. The van der Waals surface area contributed by atoms with Gasteiger partial charge in [0, 0.05) is 27.1 Å². The molecule has 0 bridgehead atoms. The Morgan fingerprint density at radius 3 is 1.22 bits per heavy atom. The minimum atomic E-state index is -5.14. The van der Waals surface area contributed by atoms with Crippen molar-refractivity contribution in [3.05, 3.63) is 192 Å². The summed E-state index contributed by atoms with van der Waals surface area (Å²) < 4.78 is 91.4. The van der Waals surface area contributed by atoms with Gasteiger partial charge in [-0.1, -0.05) is 84.9 Å². The number of para-hydroxylation sites is 2. The maximum Gasteiger partial charge on any atom is 0.416 e. The van der Waals surface area contributed by atoms with Crippen molar-refractivity contribution in [1.29, 1.82) is 15.8 Å². The van der Waals surface area contributed by atoms with Gasteiger partial charge in [-0.25, -0.2) is 0 Å². The highest BCUT2D eigenvalue weighted by Gasteiger charge is 2.37. The zero-order chi connectivity index (χ0) is 44.5. The van der Waals surface area contributed by atoms with Gasteiger partial charge in [0.1, 0.15) is 6.07 Å². The highest BCUT2D eigenvalue weighted by atomic mass is 19.4. The third-order valence-corrected chi connectivity index (χ3v) is 11.7. The Balaban J connectivity index is 1.33. The van der Waals surface area contributed by atoms with Gasteiger partial charge in [0.2, 0.25) is 0 Å². The molecule has 2 heterocycles. The summed E-state index contributed by atoms with van der Waals surface area (Å²) in [5, 5.41) is 33.0. The summed E-state index contributed by atoms with van der Waals surface area (Å²) in [6.07, 6.45) is -10.3. The number of nitrogens with zero attached hydrogens (tertiary/aromatic N) is 5. The topological polar surface area (TPSA) is 81.2 Å². The minimum Gasteiger partial charge on any atom is -0.309 e. The summed E-state index contributed by atoms with van der Waals surface area (Å²) in [5.74, 6) is 0. The molecule has 306 valence electrons. The molecule has 0 saturated heterocycles. The van der Waals surface area contributed by atoms with Crippen LogP contribution in [-0.2, 0) is 12.4 Å². The lowest BCUT2D eigenvalue weighted by atomic mass is 9.95. The zero-order valence-electron chi connectivity index (χ0n) is 33.1. The summed E-state index contributed by atoms with van der Waals surface area (Å²) in [7, 11) is 0. The fourth-order valence-electron chi connectivity index (χ4n) is 8.67. The van der Waals surface area contributed by atoms with Crippen molar-refractivity contribution in [2.45, 2.75) is 12.4 Å². The van der Waals surface area contributed by atoms with Crippen LogP contribution in [-0.4, -0.2) is 9.13 Å². The number of alkyl halides is 6. The molecular weight excluding hydrogens is 821 g/mol. The summed E-state index contributed by atoms with van der Waals surface area (Å²) in [5.41, 5.74) is 3.64. The fraction of sp³-hybridized carbons (Fsp3) is 0.0377. The number of hydrogen-bond acceptors (Lipinski definition) is 3. The lowest BCUT2D eigenvalue weighted by Gasteiger charge is -2.21. The highest BCUT2D eigenvalue weighted by Crippen LogP contribution is 2.45. The Morgan fingerprint density at radius 1 is 0.359 bits per heavy atom. The van der Waals surface area contributed by atoms with E-state index in [9.17, 15) is 42.1 Å². The van der Waals surface area contributed by atoms with E-state index < -0.39 is 23.5 Å². The molecule has 10 aromatic rings. The van der Waals surface area contributed by atoms with Gasteiger partial charge in [-0.3, -0.25) is 0 Å². The molecule has 10 rings (SSSR count). The Kier molecular flexibility index (Phi) is 9.14. The molecule has 2 aromatic heterocycles. The molecule has 11 heteroatoms. The van der Waals surface area contributed by atoms with E-state index in [0.717, 1.165) is 55.9 Å². The summed E-state index contributed by atoms with van der Waals surface area (Å²) in [6.45, 7) is 0. The Labute approximate surface area is 360 Å². The van der Waals surface area contributed by atoms with Crippen LogP contribution in [0.3, 0.4) is 0 Å². The molecule has 0 aliphatic heterocycles. The van der Waals surface area contributed by atoms with Gasteiger partial charge in [-0.2, -0.15) is 42.1 Å². The Bertz CT molecular complexity index is 3630. The molecule has 0 spiro atoms. The standard InChI is InChI=1S/C53H27F6N5/c54-52(55,56)39-21-37(22-40(26-39)53(57,58)59)45-27-48(63-46-7-3-1-5-41(46)43-19-17-35(23-49(43)63)33-13-9-31(28-60)10-14-33)38(30-62)25-51(45)64-47-8-4-2-6-42(47)44-20-18-36(24-50(44)64)34-15-11-32(29-61)12-16-34/h1-27H. The molecule has 0 radical (unpaired) electrons. The number of rotatable bonds is 5. The first-order chi connectivity index (χ1) is 30.8. The molecule has 0 saturated carbocycles. The maximum absolute atomic E-state index is 14.6. The molecule has 0 aliphatic rings. The average Bonchev–Trinajstić information content (AvgIpc) is 3.82. The number of fused-ring (bicyclic) bond motifs is 6. The van der Waals surface area contributed by atoms with Crippen LogP contribution in [0.2, 0.25) is 0 Å². The van der Waals surface area contributed by atoms with E-state index >= 15 is 0 Å². The molecule has 5 nitrogen and oxygen atoms in total. The van der Waals surface area contributed by atoms with Crippen LogP contribution < -0.4 is 0 Å². The predicted octanol–water partition coefficient (Wildman–Crippen LogP) is 14.5. The summed E-state index contributed by atoms with van der Waals surface area (Å²) >= 11 is 0. The van der Waals surface area contributed by atoms with Crippen molar-refractivity contribution in [2.75, 3.05) is 0 Å². The molecule has 0 N–H and O–H groups in total. The van der Waals surface area contributed by atoms with Gasteiger partial charge < -0.3 is 9.13 Å². The van der Waals surface area contributed by atoms with Crippen molar-refractivity contribution in [1.82, 2.24) is 9.13 Å². The Hall–Kier alpha value is -8.59. The van der Waals surface area contributed by atoms with E-state index in [1.165, 1.54) is 12.1 Å². The molecule has 8 aromatic carbocycles. The molecular formula is C53H27F6N5. The van der Waals surface area contributed by atoms with Gasteiger partial charge in [0.05, 0.1) is 73.4 Å². The SMILES string of the molecule is N#Cc1ccc(-c2ccc3c4ccccc4n(-c4cc(-c5cc(C(F)(F)F)cc(C(F)(F)F)c5)c(-n5c6ccccc6c6ccc(-c7ccc(C#N)cc7)cc65)cc4C#N)c3c2)cc1. The van der Waals surface area contributed by atoms with Gasteiger partial charge >= 0.3 is 12.4 Å². The maximum atomic E-state index is 14.6. The van der Waals surface area contributed by atoms with Crippen LogP contribution in [0.25, 0.3) is 88.4 Å². The number of nitriles is 3. The first-order valence-corrected chi connectivity index (χ1v) is 19.8. The third-order valence-electron chi connectivity index (χ3n) is 11.7. The number of benzene rings is 8. The molecule has 0 amide bonds. The monoisotopic (exact) mass is 847 g/mol. The smallest absolute Gasteiger partial charge is 0.309 e. The molecule has 0 atom stereocenters. The zero-order valence-corrected chi connectivity index (χ0v) is 33.1. The van der Waals surface area contributed by atoms with Crippen molar-refractivity contribution >= 4 is 43.6 Å². The van der Waals surface area contributed by atoms with Gasteiger partial charge in [-0.15, -0.1) is 0 Å². The van der Waals surface area contributed by atoms with Crippen molar-refractivity contribution in [2.24, 2.45) is 0 Å². The van der Waals surface area contributed by atoms with Gasteiger partial charge in [0.25, 0.3) is 0 Å². The molecule has 0 fully saturated rings. The third kappa shape index (κ3) is 6.57. The first-order valence-electron chi connectivity index (χ1n) is 19.8. The lowest BCUT2D eigenvalue weighted by Crippen LogP contribution is -2.11. The van der Waals surface area contributed by atoms with E-state index in [4.69, 9.17) is 0 Å². The van der Waals surface area contributed by atoms with Crippen LogP contribution in [0.5, 0.6) is 0 Å². The van der Waals surface area contributed by atoms with Crippen molar-refractivity contribution in [3.8, 4) is 63.0 Å². The second-order valence-corrected chi connectivity index (χ2v) is 15.3. The van der Waals surface area contributed by atoms with Gasteiger partial charge in [-0.05, 0) is 107 Å².